The molecule has 0 unspecified atom stereocenters. The van der Waals surface area contributed by atoms with Crippen LogP contribution in [0.5, 0.6) is 0 Å². The van der Waals surface area contributed by atoms with Crippen molar-refractivity contribution in [3.63, 3.8) is 0 Å². The number of sulfonamides is 1. The van der Waals surface area contributed by atoms with Crippen LogP contribution in [0.2, 0.25) is 5.02 Å². The highest BCUT2D eigenvalue weighted by Crippen LogP contribution is 2.37. The maximum atomic E-state index is 12.7. The Morgan fingerprint density at radius 3 is 2.55 bits per heavy atom. The number of halogens is 2. The lowest BCUT2D eigenvalue weighted by atomic mass is 9.95. The lowest BCUT2D eigenvalue weighted by Crippen LogP contribution is -2.42. The zero-order valence-corrected chi connectivity index (χ0v) is 14.9. The van der Waals surface area contributed by atoms with Crippen LogP contribution < -0.4 is 0 Å². The summed E-state index contributed by atoms with van der Waals surface area (Å²) in [4.78, 5) is 0. The average Bonchev–Trinajstić information content (AvgIpc) is 2.77. The molecular formula is C12H17BrClNO3S2. The Morgan fingerprint density at radius 2 is 2.05 bits per heavy atom. The number of hydrogen-bond donors (Lipinski definition) is 1. The minimum atomic E-state index is -3.59. The van der Waals surface area contributed by atoms with Gasteiger partial charge in [0.1, 0.15) is 4.21 Å². The topological polar surface area (TPSA) is 57.6 Å². The third kappa shape index (κ3) is 3.56. The summed E-state index contributed by atoms with van der Waals surface area (Å²) in [6.07, 6.45) is 4.95. The molecule has 114 valence electrons. The number of nitrogens with zero attached hydrogens (tertiary/aromatic N) is 1. The quantitative estimate of drug-likeness (QED) is 0.820. The molecule has 1 aliphatic rings. The van der Waals surface area contributed by atoms with Crippen molar-refractivity contribution in [1.82, 2.24) is 4.31 Å². The fourth-order valence-corrected chi connectivity index (χ4v) is 6.74. The Morgan fingerprint density at radius 1 is 1.40 bits per heavy atom. The van der Waals surface area contributed by atoms with E-state index in [1.807, 2.05) is 0 Å². The van der Waals surface area contributed by atoms with Gasteiger partial charge in [0.15, 0.2) is 0 Å². The second-order valence-corrected chi connectivity index (χ2v) is 9.71. The molecule has 1 aromatic rings. The molecular weight excluding hydrogens is 386 g/mol. The summed E-state index contributed by atoms with van der Waals surface area (Å²) in [5, 5.41) is 9.60. The molecule has 0 aliphatic heterocycles. The Balaban J connectivity index is 2.31. The molecule has 1 heterocycles. The van der Waals surface area contributed by atoms with Gasteiger partial charge in [-0.1, -0.05) is 30.9 Å². The van der Waals surface area contributed by atoms with E-state index in [4.69, 9.17) is 11.6 Å². The molecule has 0 aromatic carbocycles. The lowest BCUT2D eigenvalue weighted by Gasteiger charge is -2.32. The predicted molar refractivity (Wildman–Crippen MR) is 84.9 cm³/mol. The molecule has 0 saturated heterocycles. The molecule has 4 nitrogen and oxygen atoms in total. The van der Waals surface area contributed by atoms with Gasteiger partial charge in [-0.15, -0.1) is 11.3 Å². The molecule has 20 heavy (non-hydrogen) atoms. The van der Waals surface area contributed by atoms with Gasteiger partial charge < -0.3 is 5.11 Å². The van der Waals surface area contributed by atoms with Crippen molar-refractivity contribution in [3.05, 3.63) is 14.9 Å². The molecule has 2 rings (SSSR count). The first-order valence-electron chi connectivity index (χ1n) is 6.54. The van der Waals surface area contributed by atoms with E-state index in [-0.39, 0.29) is 23.4 Å². The fourth-order valence-electron chi connectivity index (χ4n) is 2.54. The van der Waals surface area contributed by atoms with Gasteiger partial charge in [0, 0.05) is 12.6 Å². The Labute approximate surface area is 136 Å². The minimum Gasteiger partial charge on any atom is -0.395 e. The summed E-state index contributed by atoms with van der Waals surface area (Å²) < 4.78 is 27.8. The maximum Gasteiger partial charge on any atom is 0.252 e. The van der Waals surface area contributed by atoms with Crippen LogP contribution in [-0.4, -0.2) is 37.0 Å². The van der Waals surface area contributed by atoms with Crippen molar-refractivity contribution in [1.29, 1.82) is 0 Å². The molecule has 1 saturated carbocycles. The van der Waals surface area contributed by atoms with Crippen LogP contribution in [0.25, 0.3) is 0 Å². The van der Waals surface area contributed by atoms with Crippen LogP contribution in [0, 0.1) is 0 Å². The summed E-state index contributed by atoms with van der Waals surface area (Å²) in [7, 11) is -3.59. The second kappa shape index (κ2) is 7.07. The molecule has 0 atom stereocenters. The van der Waals surface area contributed by atoms with E-state index in [0.717, 1.165) is 43.4 Å². The largest absolute Gasteiger partial charge is 0.395 e. The van der Waals surface area contributed by atoms with Gasteiger partial charge in [-0.25, -0.2) is 8.42 Å². The summed E-state index contributed by atoms with van der Waals surface area (Å²) in [6.45, 7) is -0.0316. The highest BCUT2D eigenvalue weighted by molar-refractivity contribution is 9.11. The summed E-state index contributed by atoms with van der Waals surface area (Å²) >= 11 is 10.3. The number of aliphatic hydroxyl groups is 1. The monoisotopic (exact) mass is 401 g/mol. The van der Waals surface area contributed by atoms with Crippen LogP contribution in [-0.2, 0) is 10.0 Å². The Hall–Kier alpha value is 0.340. The van der Waals surface area contributed by atoms with Gasteiger partial charge in [-0.05, 0) is 34.8 Å². The highest BCUT2D eigenvalue weighted by Gasteiger charge is 2.33. The summed E-state index contributed by atoms with van der Waals surface area (Å²) in [6, 6.07) is 1.46. The minimum absolute atomic E-state index is 0.0134. The Kier molecular flexibility index (Phi) is 5.90. The smallest absolute Gasteiger partial charge is 0.252 e. The standard InChI is InChI=1S/C12H17BrClNO3S2/c13-12-10(14)8-11(19-12)20(17,18)15(6-7-16)9-4-2-1-3-5-9/h8-9,16H,1-7H2. The fraction of sp³-hybridized carbons (Fsp3) is 0.667. The molecule has 0 bridgehead atoms. The Bertz CT molecular complexity index is 536. The first kappa shape index (κ1) is 16.7. The third-order valence-corrected chi connectivity index (χ3v) is 8.36. The first-order chi connectivity index (χ1) is 9.46. The molecule has 0 amide bonds. The van der Waals surface area contributed by atoms with Crippen LogP contribution in [0.4, 0.5) is 0 Å². The molecule has 0 radical (unpaired) electrons. The van der Waals surface area contributed by atoms with Gasteiger partial charge in [-0.3, -0.25) is 0 Å². The zero-order valence-electron chi connectivity index (χ0n) is 10.9. The molecule has 8 heteroatoms. The molecule has 1 fully saturated rings. The van der Waals surface area contributed by atoms with E-state index < -0.39 is 10.0 Å². The molecule has 0 spiro atoms. The van der Waals surface area contributed by atoms with Gasteiger partial charge >= 0.3 is 0 Å². The average molecular weight is 403 g/mol. The van der Waals surface area contributed by atoms with Gasteiger partial charge in [0.25, 0.3) is 10.0 Å². The summed E-state index contributed by atoms with van der Waals surface area (Å²) in [5.41, 5.74) is 0. The van der Waals surface area contributed by atoms with Gasteiger partial charge in [0.2, 0.25) is 0 Å². The van der Waals surface area contributed by atoms with Crippen molar-refractivity contribution in [2.75, 3.05) is 13.2 Å². The highest BCUT2D eigenvalue weighted by atomic mass is 79.9. The van der Waals surface area contributed by atoms with E-state index >= 15 is 0 Å². The van der Waals surface area contributed by atoms with Crippen molar-refractivity contribution in [3.8, 4) is 0 Å². The van der Waals surface area contributed by atoms with E-state index in [1.165, 1.54) is 10.4 Å². The summed E-state index contributed by atoms with van der Waals surface area (Å²) in [5.74, 6) is 0. The number of hydrogen-bond acceptors (Lipinski definition) is 4. The first-order valence-corrected chi connectivity index (χ1v) is 9.97. The SMILES string of the molecule is O=S(=O)(c1cc(Cl)c(Br)s1)N(CCO)C1CCCCC1. The maximum absolute atomic E-state index is 12.7. The van der Waals surface area contributed by atoms with Gasteiger partial charge in [-0.2, -0.15) is 4.31 Å². The van der Waals surface area contributed by atoms with Crippen molar-refractivity contribution in [2.24, 2.45) is 0 Å². The molecule has 1 aliphatic carbocycles. The van der Waals surface area contributed by atoms with Crippen LogP contribution in [0.3, 0.4) is 0 Å². The lowest BCUT2D eigenvalue weighted by molar-refractivity contribution is 0.199. The van der Waals surface area contributed by atoms with E-state index in [1.54, 1.807) is 0 Å². The van der Waals surface area contributed by atoms with Gasteiger partial charge in [0.05, 0.1) is 15.4 Å². The number of rotatable bonds is 5. The predicted octanol–water partition coefficient (Wildman–Crippen LogP) is 3.48. The van der Waals surface area contributed by atoms with E-state index in [2.05, 4.69) is 15.9 Å². The molecule has 1 aromatic heterocycles. The normalized spacial score (nSPS) is 17.8. The van der Waals surface area contributed by atoms with Crippen LogP contribution in [0.15, 0.2) is 14.1 Å². The van der Waals surface area contributed by atoms with E-state index in [0.29, 0.717) is 8.81 Å². The van der Waals surface area contributed by atoms with Crippen LogP contribution >= 0.6 is 38.9 Å². The number of aliphatic hydroxyl groups excluding tert-OH is 1. The van der Waals surface area contributed by atoms with Crippen LogP contribution in [0.1, 0.15) is 32.1 Å². The van der Waals surface area contributed by atoms with Crippen molar-refractivity contribution in [2.45, 2.75) is 42.4 Å². The molecule has 1 N–H and O–H groups in total. The van der Waals surface area contributed by atoms with Crippen molar-refractivity contribution >= 4 is 48.9 Å². The van der Waals surface area contributed by atoms with Crippen molar-refractivity contribution < 1.29 is 13.5 Å². The van der Waals surface area contributed by atoms with E-state index in [9.17, 15) is 13.5 Å². The number of thiophene rings is 1. The zero-order chi connectivity index (χ0) is 14.8. The second-order valence-electron chi connectivity index (χ2n) is 4.82. The third-order valence-electron chi connectivity index (χ3n) is 3.49.